The Kier molecular flexibility index (Phi) is 4.79. The summed E-state index contributed by atoms with van der Waals surface area (Å²) in [4.78, 5) is 10.1. The quantitative estimate of drug-likeness (QED) is 0.387. The van der Waals surface area contributed by atoms with E-state index >= 15 is 0 Å². The van der Waals surface area contributed by atoms with Crippen LogP contribution in [0.1, 0.15) is 5.56 Å². The predicted molar refractivity (Wildman–Crippen MR) is 57.8 cm³/mol. The molecular formula is C9H12GeO4. The normalized spacial score (nSPS) is 9.71. The third kappa shape index (κ3) is 3.53. The zero-order valence-electron chi connectivity index (χ0n) is 6.64. The molecule has 0 aliphatic heterocycles. The second kappa shape index (κ2) is 5.33. The molecule has 1 aromatic rings. The van der Waals surface area contributed by atoms with Crippen molar-refractivity contribution in [3.8, 4) is 11.5 Å². The van der Waals surface area contributed by atoms with Gasteiger partial charge in [-0.15, -0.1) is 0 Å². The zero-order chi connectivity index (χ0) is 9.84. The third-order valence-electron chi connectivity index (χ3n) is 1.42. The molecule has 0 atom stereocenters. The molecule has 0 bridgehead atoms. The van der Waals surface area contributed by atoms with Gasteiger partial charge in [0, 0.05) is 6.08 Å². The molecule has 0 unspecified atom stereocenters. The van der Waals surface area contributed by atoms with Gasteiger partial charge in [0.15, 0.2) is 11.5 Å². The summed E-state index contributed by atoms with van der Waals surface area (Å²) in [6.45, 7) is 0. The summed E-state index contributed by atoms with van der Waals surface area (Å²) in [6.07, 6.45) is 2.27. The molecule has 0 saturated heterocycles. The van der Waals surface area contributed by atoms with Gasteiger partial charge in [-0.3, -0.25) is 0 Å². The molecule has 0 aromatic heterocycles. The van der Waals surface area contributed by atoms with E-state index in [1.165, 1.54) is 24.3 Å². The van der Waals surface area contributed by atoms with Gasteiger partial charge in [-0.05, 0) is 23.8 Å². The van der Waals surface area contributed by atoms with Crippen LogP contribution in [0.25, 0.3) is 6.08 Å². The van der Waals surface area contributed by atoms with E-state index in [0.29, 0.717) is 5.56 Å². The van der Waals surface area contributed by atoms with Gasteiger partial charge in [0.2, 0.25) is 0 Å². The van der Waals surface area contributed by atoms with Crippen LogP contribution >= 0.6 is 0 Å². The molecule has 0 aliphatic rings. The van der Waals surface area contributed by atoms with E-state index in [2.05, 4.69) is 0 Å². The zero-order valence-corrected chi connectivity index (χ0v) is 6.64. The molecule has 1 rings (SSSR count). The minimum atomic E-state index is -1.06. The number of hydrogen-bond acceptors (Lipinski definition) is 3. The third-order valence-corrected chi connectivity index (χ3v) is 1.42. The Morgan fingerprint density at radius 3 is 2.36 bits per heavy atom. The summed E-state index contributed by atoms with van der Waals surface area (Å²) in [5.41, 5.74) is 0.512. The number of carboxylic acids is 1. The van der Waals surface area contributed by atoms with Gasteiger partial charge in [-0.1, -0.05) is 6.07 Å². The van der Waals surface area contributed by atoms with Gasteiger partial charge >= 0.3 is 23.6 Å². The van der Waals surface area contributed by atoms with Crippen molar-refractivity contribution in [2.75, 3.05) is 0 Å². The number of carboxylic acid groups (broad SMARTS) is 1. The number of phenols is 2. The van der Waals surface area contributed by atoms with Crippen LogP contribution in [0, 0.1) is 0 Å². The van der Waals surface area contributed by atoms with Gasteiger partial charge in [-0.2, -0.15) is 0 Å². The maximum atomic E-state index is 10.1. The number of aromatic hydroxyl groups is 2. The molecule has 76 valence electrons. The van der Waals surface area contributed by atoms with Crippen molar-refractivity contribution in [1.29, 1.82) is 0 Å². The Bertz CT molecular complexity index is 360. The molecule has 14 heavy (non-hydrogen) atoms. The van der Waals surface area contributed by atoms with Gasteiger partial charge in [0.1, 0.15) is 0 Å². The number of phenolic OH excluding ortho intramolecular Hbond substituents is 2. The second-order valence-corrected chi connectivity index (χ2v) is 2.42. The first-order chi connectivity index (χ1) is 6.09. The Morgan fingerprint density at radius 1 is 1.21 bits per heavy atom. The SMILES string of the molecule is O=C(O)C=Cc1ccc(O)c(O)c1.[GeH4]. The minimum absolute atomic E-state index is 0. The van der Waals surface area contributed by atoms with E-state index in [1.54, 1.807) is 0 Å². The standard InChI is InChI=1S/C9H8O4.GeH4/c10-7-3-1-6(5-8(7)11)2-4-9(12)13;/h1-5,10-11H,(H,12,13);1H4. The van der Waals surface area contributed by atoms with E-state index in [1.807, 2.05) is 0 Å². The molecule has 0 saturated carbocycles. The molecule has 1 aromatic carbocycles. The van der Waals surface area contributed by atoms with Crippen molar-refractivity contribution in [2.24, 2.45) is 0 Å². The summed E-state index contributed by atoms with van der Waals surface area (Å²) in [7, 11) is 0. The Balaban J connectivity index is 0.00000169. The van der Waals surface area contributed by atoms with Crippen LogP contribution in [0.4, 0.5) is 0 Å². The molecule has 0 fully saturated rings. The molecule has 0 radical (unpaired) electrons. The molecule has 0 heterocycles. The van der Waals surface area contributed by atoms with Crippen LogP contribution in [0.3, 0.4) is 0 Å². The fraction of sp³-hybridized carbons (Fsp3) is 0. The van der Waals surface area contributed by atoms with E-state index in [0.717, 1.165) is 6.08 Å². The number of hydrogen-bond donors (Lipinski definition) is 3. The number of carbonyl (C=O) groups is 1. The number of benzene rings is 1. The first kappa shape index (κ1) is 12.6. The van der Waals surface area contributed by atoms with E-state index in [9.17, 15) is 4.79 Å². The summed E-state index contributed by atoms with van der Waals surface area (Å²) in [5, 5.41) is 26.3. The number of rotatable bonds is 2. The van der Waals surface area contributed by atoms with E-state index < -0.39 is 5.97 Å². The molecule has 5 heteroatoms. The summed E-state index contributed by atoms with van der Waals surface area (Å²) < 4.78 is 0. The molecule has 3 N–H and O–H groups in total. The molecule has 4 nitrogen and oxygen atoms in total. The van der Waals surface area contributed by atoms with Crippen LogP contribution in [-0.2, 0) is 4.79 Å². The van der Waals surface area contributed by atoms with E-state index in [-0.39, 0.29) is 29.1 Å². The molecule has 0 aliphatic carbocycles. The fourth-order valence-electron chi connectivity index (χ4n) is 0.812. The van der Waals surface area contributed by atoms with Crippen molar-refractivity contribution in [3.05, 3.63) is 29.8 Å². The Hall–Kier alpha value is -1.43. The van der Waals surface area contributed by atoms with Gasteiger partial charge in [0.25, 0.3) is 0 Å². The molecular weight excluding hydrogens is 245 g/mol. The van der Waals surface area contributed by atoms with Gasteiger partial charge < -0.3 is 15.3 Å². The monoisotopic (exact) mass is 258 g/mol. The summed E-state index contributed by atoms with van der Waals surface area (Å²) in [5.74, 6) is -1.56. The Morgan fingerprint density at radius 2 is 1.86 bits per heavy atom. The van der Waals surface area contributed by atoms with Crippen LogP contribution < -0.4 is 0 Å². The maximum absolute atomic E-state index is 10.1. The first-order valence-corrected chi connectivity index (χ1v) is 3.52. The fourth-order valence-corrected chi connectivity index (χ4v) is 0.812. The van der Waals surface area contributed by atoms with Crippen molar-refractivity contribution >= 4 is 29.6 Å². The van der Waals surface area contributed by atoms with Crippen LogP contribution in [0.5, 0.6) is 11.5 Å². The van der Waals surface area contributed by atoms with Crippen LogP contribution in [0.15, 0.2) is 24.3 Å². The van der Waals surface area contributed by atoms with Crippen molar-refractivity contribution in [1.82, 2.24) is 0 Å². The van der Waals surface area contributed by atoms with Crippen LogP contribution in [-0.4, -0.2) is 38.9 Å². The van der Waals surface area contributed by atoms with Crippen molar-refractivity contribution in [2.45, 2.75) is 0 Å². The van der Waals surface area contributed by atoms with Crippen LogP contribution in [0.2, 0.25) is 0 Å². The number of aliphatic carboxylic acids is 1. The second-order valence-electron chi connectivity index (χ2n) is 2.42. The average molecular weight is 257 g/mol. The molecule has 0 spiro atoms. The molecule has 0 amide bonds. The van der Waals surface area contributed by atoms with Crippen molar-refractivity contribution in [3.63, 3.8) is 0 Å². The van der Waals surface area contributed by atoms with Gasteiger partial charge in [0.05, 0.1) is 0 Å². The summed E-state index contributed by atoms with van der Waals surface area (Å²) in [6, 6.07) is 4.06. The van der Waals surface area contributed by atoms with Gasteiger partial charge in [-0.25, -0.2) is 4.79 Å². The summed E-state index contributed by atoms with van der Waals surface area (Å²) >= 11 is 0. The van der Waals surface area contributed by atoms with Crippen molar-refractivity contribution < 1.29 is 20.1 Å². The van der Waals surface area contributed by atoms with E-state index in [4.69, 9.17) is 15.3 Å². The average Bonchev–Trinajstić information content (AvgIpc) is 2.07. The topological polar surface area (TPSA) is 77.8 Å². The predicted octanol–water partition coefficient (Wildman–Crippen LogP) is -0.256. The Labute approximate surface area is 91.5 Å². The first-order valence-electron chi connectivity index (χ1n) is 3.52.